The molecule has 166 valence electrons. The lowest BCUT2D eigenvalue weighted by atomic mass is 10.0. The average molecular weight is 437 g/mol. The molecule has 2 heterocycles. The molecule has 1 fully saturated rings. The number of nitrogens with one attached hydrogen (secondary N) is 1. The van der Waals surface area contributed by atoms with Gasteiger partial charge >= 0.3 is 6.03 Å². The molecule has 1 aromatic heterocycles. The highest BCUT2D eigenvalue weighted by Gasteiger charge is 2.23. The minimum atomic E-state index is -0.384. The first-order valence-electron chi connectivity index (χ1n) is 10.7. The van der Waals surface area contributed by atoms with Crippen LogP contribution < -0.4 is 14.8 Å². The molecule has 1 aliphatic carbocycles. The SMILES string of the molecule is COc1ccc(C2=CN(Cc3nc4cc(F)ccc4o3)C(=O)NC2)cc1OC1CCCC1. The van der Waals surface area contributed by atoms with Crippen LogP contribution in [0.4, 0.5) is 9.18 Å². The summed E-state index contributed by atoms with van der Waals surface area (Å²) in [6.07, 6.45) is 6.46. The van der Waals surface area contributed by atoms with E-state index in [2.05, 4.69) is 10.3 Å². The molecular weight excluding hydrogens is 413 g/mol. The van der Waals surface area contributed by atoms with Crippen LogP contribution in [-0.4, -0.2) is 35.7 Å². The van der Waals surface area contributed by atoms with Gasteiger partial charge in [-0.3, -0.25) is 4.90 Å². The third-order valence-electron chi connectivity index (χ3n) is 5.83. The molecule has 2 aliphatic rings. The number of amides is 2. The van der Waals surface area contributed by atoms with Gasteiger partial charge in [0, 0.05) is 18.8 Å². The van der Waals surface area contributed by atoms with Crippen LogP contribution in [0.1, 0.15) is 37.1 Å². The molecule has 32 heavy (non-hydrogen) atoms. The van der Waals surface area contributed by atoms with Crippen molar-refractivity contribution in [3.05, 3.63) is 59.9 Å². The number of methoxy groups -OCH3 is 1. The minimum Gasteiger partial charge on any atom is -0.493 e. The molecule has 0 radical (unpaired) electrons. The first-order chi connectivity index (χ1) is 15.6. The highest BCUT2D eigenvalue weighted by Crippen LogP contribution is 2.34. The molecular formula is C24H24FN3O4. The number of nitrogens with zero attached hydrogens (tertiary/aromatic N) is 2. The van der Waals surface area contributed by atoms with E-state index in [9.17, 15) is 9.18 Å². The van der Waals surface area contributed by atoms with Crippen LogP contribution in [0.15, 0.2) is 47.0 Å². The van der Waals surface area contributed by atoms with Gasteiger partial charge < -0.3 is 19.2 Å². The fraction of sp³-hybridized carbons (Fsp3) is 0.333. The number of aromatic nitrogens is 1. The van der Waals surface area contributed by atoms with Crippen molar-refractivity contribution < 1.29 is 23.1 Å². The van der Waals surface area contributed by atoms with Crippen molar-refractivity contribution in [3.8, 4) is 11.5 Å². The fourth-order valence-corrected chi connectivity index (χ4v) is 4.17. The number of carbonyl (C=O) groups is 1. The van der Waals surface area contributed by atoms with Crippen molar-refractivity contribution in [3.63, 3.8) is 0 Å². The Morgan fingerprint density at radius 2 is 2.03 bits per heavy atom. The van der Waals surface area contributed by atoms with Crippen molar-refractivity contribution in [2.24, 2.45) is 0 Å². The summed E-state index contributed by atoms with van der Waals surface area (Å²) in [6, 6.07) is 9.70. The molecule has 7 nitrogen and oxygen atoms in total. The number of oxazole rings is 1. The number of hydrogen-bond donors (Lipinski definition) is 1. The van der Waals surface area contributed by atoms with Crippen molar-refractivity contribution in [2.75, 3.05) is 13.7 Å². The molecule has 0 unspecified atom stereocenters. The minimum absolute atomic E-state index is 0.132. The van der Waals surface area contributed by atoms with E-state index in [1.807, 2.05) is 18.2 Å². The van der Waals surface area contributed by atoms with E-state index in [1.165, 1.54) is 35.9 Å². The number of carbonyl (C=O) groups excluding carboxylic acids is 1. The Hall–Kier alpha value is -3.55. The molecule has 1 aliphatic heterocycles. The second kappa shape index (κ2) is 8.53. The quantitative estimate of drug-likeness (QED) is 0.596. The molecule has 0 bridgehead atoms. The van der Waals surface area contributed by atoms with Crippen LogP contribution in [0.25, 0.3) is 16.7 Å². The van der Waals surface area contributed by atoms with E-state index in [4.69, 9.17) is 13.9 Å². The van der Waals surface area contributed by atoms with Gasteiger partial charge in [-0.1, -0.05) is 6.07 Å². The topological polar surface area (TPSA) is 76.8 Å². The second-order valence-electron chi connectivity index (χ2n) is 8.05. The zero-order valence-corrected chi connectivity index (χ0v) is 17.8. The molecule has 1 N–H and O–H groups in total. The van der Waals surface area contributed by atoms with Crippen molar-refractivity contribution in [1.29, 1.82) is 0 Å². The molecule has 5 rings (SSSR count). The van der Waals surface area contributed by atoms with Crippen molar-refractivity contribution >= 4 is 22.7 Å². The summed E-state index contributed by atoms with van der Waals surface area (Å²) in [5, 5.41) is 2.88. The summed E-state index contributed by atoms with van der Waals surface area (Å²) in [7, 11) is 1.63. The van der Waals surface area contributed by atoms with Gasteiger partial charge in [-0.15, -0.1) is 0 Å². The molecule has 0 spiro atoms. The van der Waals surface area contributed by atoms with Crippen LogP contribution in [0.5, 0.6) is 11.5 Å². The first kappa shape index (κ1) is 20.4. The zero-order chi connectivity index (χ0) is 22.1. The normalized spacial score (nSPS) is 16.9. The maximum Gasteiger partial charge on any atom is 0.322 e. The zero-order valence-electron chi connectivity index (χ0n) is 17.8. The number of benzene rings is 2. The lowest BCUT2D eigenvalue weighted by molar-refractivity contribution is 0.200. The molecule has 1 saturated carbocycles. The van der Waals surface area contributed by atoms with Crippen LogP contribution >= 0.6 is 0 Å². The summed E-state index contributed by atoms with van der Waals surface area (Å²) >= 11 is 0. The second-order valence-corrected chi connectivity index (χ2v) is 8.05. The van der Waals surface area contributed by atoms with Crippen molar-refractivity contribution in [2.45, 2.75) is 38.3 Å². The number of hydrogen-bond acceptors (Lipinski definition) is 5. The monoisotopic (exact) mass is 437 g/mol. The molecule has 3 aromatic rings. The van der Waals surface area contributed by atoms with Gasteiger partial charge in [-0.25, -0.2) is 14.2 Å². The molecule has 0 saturated heterocycles. The summed E-state index contributed by atoms with van der Waals surface area (Å²) in [5.41, 5.74) is 2.76. The van der Waals surface area contributed by atoms with Crippen molar-refractivity contribution in [1.82, 2.24) is 15.2 Å². The van der Waals surface area contributed by atoms with Gasteiger partial charge in [-0.2, -0.15) is 0 Å². The largest absolute Gasteiger partial charge is 0.493 e. The maximum absolute atomic E-state index is 13.4. The number of ether oxygens (including phenoxy) is 2. The highest BCUT2D eigenvalue weighted by atomic mass is 19.1. The lowest BCUT2D eigenvalue weighted by Gasteiger charge is -2.25. The van der Waals surface area contributed by atoms with Crippen LogP contribution in [0.3, 0.4) is 0 Å². The first-order valence-corrected chi connectivity index (χ1v) is 10.7. The maximum atomic E-state index is 13.4. The van der Waals surface area contributed by atoms with E-state index in [0.29, 0.717) is 35.0 Å². The van der Waals surface area contributed by atoms with Gasteiger partial charge in [0.1, 0.15) is 17.9 Å². The fourth-order valence-electron chi connectivity index (χ4n) is 4.17. The Bertz CT molecular complexity index is 1180. The standard InChI is InChI=1S/C24H24FN3O4/c1-30-21-8-6-15(10-22(21)31-18-4-2-3-5-18)16-12-26-24(29)28(13-16)14-23-27-19-11-17(25)7-9-20(19)32-23/h6-11,13,18H,2-5,12,14H2,1H3,(H,26,29). The smallest absolute Gasteiger partial charge is 0.322 e. The predicted octanol–water partition coefficient (Wildman–Crippen LogP) is 4.86. The van der Waals surface area contributed by atoms with Gasteiger partial charge in [0.15, 0.2) is 17.1 Å². The molecule has 0 atom stereocenters. The molecule has 8 heteroatoms. The number of rotatable bonds is 6. The van der Waals surface area contributed by atoms with Crippen LogP contribution in [-0.2, 0) is 6.54 Å². The van der Waals surface area contributed by atoms with Crippen LogP contribution in [0.2, 0.25) is 0 Å². The predicted molar refractivity (Wildman–Crippen MR) is 117 cm³/mol. The van der Waals surface area contributed by atoms with E-state index in [0.717, 1.165) is 24.0 Å². The number of fused-ring (bicyclic) bond motifs is 1. The Labute approximate surface area is 184 Å². The Kier molecular flexibility index (Phi) is 5.43. The highest BCUT2D eigenvalue weighted by molar-refractivity contribution is 5.84. The van der Waals surface area contributed by atoms with E-state index >= 15 is 0 Å². The van der Waals surface area contributed by atoms with Gasteiger partial charge in [-0.05, 0) is 61.1 Å². The van der Waals surface area contributed by atoms with E-state index in [-0.39, 0.29) is 24.5 Å². The summed E-state index contributed by atoms with van der Waals surface area (Å²) in [6.45, 7) is 0.524. The average Bonchev–Trinajstić information content (AvgIpc) is 3.44. The molecule has 2 aromatic carbocycles. The van der Waals surface area contributed by atoms with E-state index < -0.39 is 0 Å². The van der Waals surface area contributed by atoms with Gasteiger partial charge in [0.25, 0.3) is 0 Å². The third-order valence-corrected chi connectivity index (χ3v) is 5.83. The molecule has 2 amide bonds. The third kappa shape index (κ3) is 4.12. The van der Waals surface area contributed by atoms with E-state index in [1.54, 1.807) is 13.3 Å². The lowest BCUT2D eigenvalue weighted by Crippen LogP contribution is -2.41. The Morgan fingerprint density at radius 1 is 1.19 bits per heavy atom. The number of halogens is 1. The summed E-state index contributed by atoms with van der Waals surface area (Å²) in [5.74, 6) is 1.35. The Balaban J connectivity index is 1.40. The summed E-state index contributed by atoms with van der Waals surface area (Å²) < 4.78 is 30.8. The number of urea groups is 1. The Morgan fingerprint density at radius 3 is 2.84 bits per heavy atom. The van der Waals surface area contributed by atoms with Gasteiger partial charge in [0.05, 0.1) is 13.2 Å². The van der Waals surface area contributed by atoms with Gasteiger partial charge in [0.2, 0.25) is 5.89 Å². The summed E-state index contributed by atoms with van der Waals surface area (Å²) in [4.78, 5) is 18.2. The van der Waals surface area contributed by atoms with Crippen LogP contribution in [0, 0.1) is 5.82 Å².